The topological polar surface area (TPSA) is 0 Å². The first-order valence-corrected chi connectivity index (χ1v) is 35.7. The first-order valence-electron chi connectivity index (χ1n) is 30.8. The van der Waals surface area contributed by atoms with Crippen LogP contribution < -0.4 is 0 Å². The Kier molecular flexibility index (Phi) is 17.7. The molecule has 82 heavy (non-hydrogen) atoms. The molecule has 6 aromatic heterocycles. The second-order valence-corrected chi connectivity index (χ2v) is 41.6. The summed E-state index contributed by atoms with van der Waals surface area (Å²) in [7, 11) is 0. The average molecular weight is 1220 g/mol. The monoisotopic (exact) mass is 1210 g/mol. The van der Waals surface area contributed by atoms with Gasteiger partial charge in [0.25, 0.3) is 0 Å². The van der Waals surface area contributed by atoms with Gasteiger partial charge < -0.3 is 0 Å². The van der Waals surface area contributed by atoms with Gasteiger partial charge in [-0.25, -0.2) is 0 Å². The van der Waals surface area contributed by atoms with Crippen molar-refractivity contribution in [2.75, 3.05) is 0 Å². The maximum absolute atomic E-state index is 2.69. The second kappa shape index (κ2) is 21.6. The van der Waals surface area contributed by atoms with Crippen LogP contribution in [0.5, 0.6) is 0 Å². The Hall–Kier alpha value is -2.58. The minimum absolute atomic E-state index is 0.0554. The number of rotatable bonds is 8. The van der Waals surface area contributed by atoms with Crippen LogP contribution in [0.25, 0.3) is 62.6 Å². The van der Waals surface area contributed by atoms with Gasteiger partial charge in [0.2, 0.25) is 0 Å². The number of thiophene rings is 6. The minimum Gasteiger partial charge on any atom is -0.140 e. The third-order valence-electron chi connectivity index (χ3n) is 16.0. The van der Waals surface area contributed by atoms with Crippen LogP contribution in [0, 0.1) is 0 Å². The number of hydrogen-bond donors (Lipinski definition) is 0. The zero-order valence-corrected chi connectivity index (χ0v) is 63.0. The molecule has 0 aliphatic carbocycles. The van der Waals surface area contributed by atoms with E-state index >= 15 is 0 Å². The summed E-state index contributed by atoms with van der Waals surface area (Å²) in [5.41, 5.74) is 16.5. The molecule has 0 atom stereocenters. The molecule has 6 heteroatoms. The van der Waals surface area contributed by atoms with Crippen molar-refractivity contribution in [1.82, 2.24) is 0 Å². The minimum atomic E-state index is -0.0838. The van der Waals surface area contributed by atoms with Gasteiger partial charge in [0.1, 0.15) is 0 Å². The quantitative estimate of drug-likeness (QED) is 0.142. The molecule has 0 unspecified atom stereocenters. The van der Waals surface area contributed by atoms with Crippen molar-refractivity contribution in [2.24, 2.45) is 0 Å². The van der Waals surface area contributed by atoms with Gasteiger partial charge in [-0.1, -0.05) is 235 Å². The summed E-state index contributed by atoms with van der Waals surface area (Å²) in [5, 5.41) is 0. The van der Waals surface area contributed by atoms with Crippen LogP contribution in [0.2, 0.25) is 0 Å². The second-order valence-electron chi connectivity index (χ2n) is 35.3. The van der Waals surface area contributed by atoms with E-state index in [1.54, 1.807) is 0 Å². The van der Waals surface area contributed by atoms with Crippen molar-refractivity contribution in [3.63, 3.8) is 0 Å². The third-order valence-corrected chi connectivity index (χ3v) is 25.4. The lowest BCUT2D eigenvalue weighted by Gasteiger charge is -2.26. The molecule has 0 bridgehead atoms. The first kappa shape index (κ1) is 66.9. The van der Waals surface area contributed by atoms with Crippen molar-refractivity contribution >= 4 is 68.0 Å². The van der Waals surface area contributed by atoms with E-state index in [4.69, 9.17) is 0 Å². The van der Waals surface area contributed by atoms with E-state index in [9.17, 15) is 0 Å². The van der Waals surface area contributed by atoms with Crippen LogP contribution in [-0.2, 0) is 54.1 Å². The molecule has 0 nitrogen and oxygen atoms in total. The van der Waals surface area contributed by atoms with Crippen molar-refractivity contribution in [1.29, 1.82) is 0 Å². The molecule has 0 aliphatic heterocycles. The molecule has 7 rings (SSSR count). The van der Waals surface area contributed by atoms with Gasteiger partial charge in [-0.2, -0.15) is 0 Å². The summed E-state index contributed by atoms with van der Waals surface area (Å²) in [4.78, 5) is 17.2. The summed E-state index contributed by atoms with van der Waals surface area (Å²) >= 11 is 12.5. The Morgan fingerprint density at radius 2 is 0.415 bits per heavy atom. The Morgan fingerprint density at radius 3 is 0.573 bits per heavy atom. The van der Waals surface area contributed by atoms with Crippen molar-refractivity contribution < 1.29 is 0 Å². The molecule has 0 fully saturated rings. The van der Waals surface area contributed by atoms with E-state index < -0.39 is 0 Å². The molecule has 0 spiro atoms. The van der Waals surface area contributed by atoms with Gasteiger partial charge in [0.15, 0.2) is 0 Å². The summed E-state index contributed by atoms with van der Waals surface area (Å²) < 4.78 is 0. The van der Waals surface area contributed by atoms with E-state index in [-0.39, 0.29) is 54.1 Å². The van der Waals surface area contributed by atoms with E-state index in [2.05, 4.69) is 340 Å². The smallest absolute Gasteiger partial charge is 0.0362 e. The molecule has 0 N–H and O–H groups in total. The van der Waals surface area contributed by atoms with Crippen molar-refractivity contribution in [3.8, 4) is 62.6 Å². The Balaban J connectivity index is 2.07. The van der Waals surface area contributed by atoms with Gasteiger partial charge >= 0.3 is 0 Å². The highest BCUT2D eigenvalue weighted by Crippen LogP contribution is 2.64. The highest BCUT2D eigenvalue weighted by Gasteiger charge is 2.41. The predicted molar refractivity (Wildman–Crippen MR) is 381 cm³/mol. The van der Waals surface area contributed by atoms with E-state index in [1.807, 2.05) is 0 Å². The molecule has 0 radical (unpaired) electrons. The summed E-state index contributed by atoms with van der Waals surface area (Å²) in [6.07, 6.45) is 0. The molecular formula is C76H110S6. The average Bonchev–Trinajstić information content (AvgIpc) is 4.28. The molecule has 0 saturated carbocycles. The fourth-order valence-electron chi connectivity index (χ4n) is 11.8. The van der Waals surface area contributed by atoms with E-state index in [0.717, 1.165) is 0 Å². The third kappa shape index (κ3) is 13.2. The zero-order chi connectivity index (χ0) is 62.5. The maximum atomic E-state index is 2.69. The fraction of sp³-hybridized carbons (Fsp3) is 0.605. The van der Waals surface area contributed by atoms with Gasteiger partial charge in [-0.05, 0) is 136 Å². The molecule has 0 amide bonds. The fourth-order valence-corrected chi connectivity index (χ4v) is 20.6. The maximum Gasteiger partial charge on any atom is 0.0362 e. The van der Waals surface area contributed by atoms with Gasteiger partial charge in [-0.3, -0.25) is 0 Å². The summed E-state index contributed by atoms with van der Waals surface area (Å²) in [6.45, 7) is 83.1. The SMILES string of the molecule is CC(C)c1cc(-c2c(-c3cc(C(C)(C)C)c(C(C)(C)C)s3)c(-c3cc(C(C)(C)C)c(C(C)C)s3)c(-c3cc(C(C)(C)C)c(C(C)(C)C)s3)c(-c3cc(C(C)(C)C)c(C(C)(C)C)s3)c2-c2cc(C(C)(C)C)c(C(C)(C)C)s2)sc1C(C)(C)C. The van der Waals surface area contributed by atoms with Crippen LogP contribution in [0.4, 0.5) is 0 Å². The molecule has 0 aliphatic rings. The van der Waals surface area contributed by atoms with Gasteiger partial charge in [0, 0.05) is 91.9 Å². The lowest BCUT2D eigenvalue weighted by Crippen LogP contribution is -2.19. The van der Waals surface area contributed by atoms with Crippen LogP contribution in [0.1, 0.15) is 310 Å². The van der Waals surface area contributed by atoms with Crippen molar-refractivity contribution in [2.45, 2.75) is 301 Å². The van der Waals surface area contributed by atoms with Crippen LogP contribution >= 0.6 is 68.0 Å². The Labute approximate surface area is 526 Å². The first-order chi connectivity index (χ1) is 36.7. The molecule has 1 aromatic carbocycles. The number of hydrogen-bond acceptors (Lipinski definition) is 6. The van der Waals surface area contributed by atoms with E-state index in [0.29, 0.717) is 11.8 Å². The van der Waals surface area contributed by atoms with Gasteiger partial charge in [0.05, 0.1) is 0 Å². The molecule has 6 heterocycles. The van der Waals surface area contributed by atoms with Crippen molar-refractivity contribution in [3.05, 3.63) is 99.0 Å². The molecule has 450 valence electrons. The van der Waals surface area contributed by atoms with E-state index in [1.165, 1.54) is 125 Å². The van der Waals surface area contributed by atoms with Crippen LogP contribution in [0.3, 0.4) is 0 Å². The molecule has 0 saturated heterocycles. The summed E-state index contributed by atoms with van der Waals surface area (Å²) in [5.74, 6) is 0.715. The van der Waals surface area contributed by atoms with Crippen LogP contribution in [-0.4, -0.2) is 0 Å². The molecular weight excluding hydrogens is 1110 g/mol. The predicted octanol–water partition coefficient (Wildman–Crippen LogP) is 27.3. The van der Waals surface area contributed by atoms with Crippen LogP contribution in [0.15, 0.2) is 36.4 Å². The largest absolute Gasteiger partial charge is 0.140 e. The standard InChI is InChI=1S/C76H110S6/c1-41(2)43-35-49(78-62(43)72(20,21)22)55-57(51-37-45(68(8,9)10)63(79-51)73(23,24)25)56(50-36-44(67(5,6)7)61(77-50)42(3)4)59(53-39-47(70(14,15)16)65(81-53)75(29,30)31)60(54-40-48(71(17,18)19)66(82-54)76(32,33)34)58(55)52-38-46(69(11,12)13)64(80-52)74(26,27)28/h35-42H,1-34H3. The summed E-state index contributed by atoms with van der Waals surface area (Å²) in [6, 6.07) is 16.1. The Morgan fingerprint density at radius 1 is 0.220 bits per heavy atom. The highest BCUT2D eigenvalue weighted by molar-refractivity contribution is 7.20. The highest BCUT2D eigenvalue weighted by atomic mass is 32.1. The Bertz CT molecular complexity index is 3180. The normalized spacial score (nSPS) is 14.2. The zero-order valence-electron chi connectivity index (χ0n) is 58.1. The van der Waals surface area contributed by atoms with Gasteiger partial charge in [-0.15, -0.1) is 68.0 Å². The molecule has 7 aromatic rings. The lowest BCUT2D eigenvalue weighted by atomic mass is 9.77. The number of benzene rings is 1. The lowest BCUT2D eigenvalue weighted by molar-refractivity contribution is 0.542.